The zero-order chi connectivity index (χ0) is 27.1. The number of benzene rings is 1. The second-order valence-corrected chi connectivity index (χ2v) is 11.3. The van der Waals surface area contributed by atoms with Gasteiger partial charge in [0.2, 0.25) is 17.7 Å². The predicted molar refractivity (Wildman–Crippen MR) is 142 cm³/mol. The summed E-state index contributed by atoms with van der Waals surface area (Å²) in [5.41, 5.74) is 0.698. The molecule has 2 bridgehead atoms. The molecule has 3 heterocycles. The molecule has 3 aliphatic rings. The summed E-state index contributed by atoms with van der Waals surface area (Å²) in [5.74, 6) is -2.22. The summed E-state index contributed by atoms with van der Waals surface area (Å²) in [7, 11) is 0. The number of aliphatic hydroxyl groups is 1. The first-order valence-electron chi connectivity index (χ1n) is 13.9. The van der Waals surface area contributed by atoms with Gasteiger partial charge in [0.15, 0.2) is 0 Å². The van der Waals surface area contributed by atoms with E-state index >= 15 is 0 Å². The predicted octanol–water partition coefficient (Wildman–Crippen LogP) is 3.33. The summed E-state index contributed by atoms with van der Waals surface area (Å²) in [6, 6.07) is 4.33. The van der Waals surface area contributed by atoms with Gasteiger partial charge in [0, 0.05) is 12.2 Å². The van der Waals surface area contributed by atoms with Crippen molar-refractivity contribution < 1.29 is 24.2 Å². The Morgan fingerprint density at radius 2 is 1.84 bits per heavy atom. The minimum absolute atomic E-state index is 0.0376. The maximum atomic E-state index is 14.3. The van der Waals surface area contributed by atoms with Crippen LogP contribution in [0.15, 0.2) is 18.2 Å². The molecule has 8 heteroatoms. The summed E-state index contributed by atoms with van der Waals surface area (Å²) in [6.45, 7) is 12.1. The average Bonchev–Trinajstić information content (AvgIpc) is 3.49. The van der Waals surface area contributed by atoms with Crippen molar-refractivity contribution in [2.75, 3.05) is 18.5 Å². The van der Waals surface area contributed by atoms with E-state index in [9.17, 15) is 19.5 Å². The molecule has 1 aromatic rings. The van der Waals surface area contributed by atoms with Crippen LogP contribution in [0.3, 0.4) is 0 Å². The molecular formula is C29H43N3O5. The minimum atomic E-state index is -1.11. The first-order chi connectivity index (χ1) is 17.6. The Morgan fingerprint density at radius 1 is 1.16 bits per heavy atom. The third kappa shape index (κ3) is 4.16. The summed E-state index contributed by atoms with van der Waals surface area (Å²) < 4.78 is 6.81. The number of fused-ring (bicyclic) bond motifs is 1. The third-order valence-electron chi connectivity index (χ3n) is 9.27. The molecule has 0 aromatic heterocycles. The highest BCUT2D eigenvalue weighted by molar-refractivity contribution is 6.04. The van der Waals surface area contributed by atoms with Crippen molar-refractivity contribution in [2.24, 2.45) is 17.8 Å². The normalized spacial score (nSPS) is 31.8. The van der Waals surface area contributed by atoms with E-state index in [1.165, 1.54) is 0 Å². The molecule has 3 fully saturated rings. The van der Waals surface area contributed by atoms with E-state index in [1.54, 1.807) is 4.90 Å². The lowest BCUT2D eigenvalue weighted by Gasteiger charge is -2.39. The van der Waals surface area contributed by atoms with Gasteiger partial charge in [-0.15, -0.1) is 0 Å². The van der Waals surface area contributed by atoms with Crippen LogP contribution in [0.25, 0.3) is 0 Å². The number of aliphatic hydroxyl groups excluding tert-OH is 1. The van der Waals surface area contributed by atoms with Gasteiger partial charge in [-0.1, -0.05) is 52.3 Å². The van der Waals surface area contributed by atoms with Crippen LogP contribution in [0.5, 0.6) is 0 Å². The van der Waals surface area contributed by atoms with Crippen LogP contribution in [0, 0.1) is 31.6 Å². The maximum Gasteiger partial charge on any atom is 0.250 e. The number of nitrogens with one attached hydrogen (secondary N) is 2. The Morgan fingerprint density at radius 3 is 2.41 bits per heavy atom. The zero-order valence-electron chi connectivity index (χ0n) is 23.1. The Kier molecular flexibility index (Phi) is 7.73. The lowest BCUT2D eigenvalue weighted by Crippen LogP contribution is -2.57. The van der Waals surface area contributed by atoms with Crippen molar-refractivity contribution in [3.05, 3.63) is 29.3 Å². The number of ether oxygens (including phenoxy) is 1. The Bertz CT molecular complexity index is 1040. The molecule has 7 atom stereocenters. The van der Waals surface area contributed by atoms with Crippen LogP contribution in [0.4, 0.5) is 5.69 Å². The molecule has 8 nitrogen and oxygen atoms in total. The molecule has 4 rings (SSSR count). The van der Waals surface area contributed by atoms with E-state index in [0.717, 1.165) is 29.7 Å². The van der Waals surface area contributed by atoms with Gasteiger partial charge < -0.3 is 25.4 Å². The molecule has 2 unspecified atom stereocenters. The van der Waals surface area contributed by atoms with Crippen LogP contribution in [-0.4, -0.2) is 64.2 Å². The number of para-hydroxylation sites is 1. The number of anilines is 1. The fourth-order valence-corrected chi connectivity index (χ4v) is 7.09. The molecule has 3 amide bonds. The summed E-state index contributed by atoms with van der Waals surface area (Å²) >= 11 is 0. The SMILES string of the molecule is CCCNC(=O)[C@@H]1[C@H]2C(=O)N([C@@H](CO)[C@@H](C)CC)C(C(=O)Nc3c(C)cccc3C)C23CC[C@@]1(CC)O3. The molecule has 0 saturated carbocycles. The third-order valence-corrected chi connectivity index (χ3v) is 9.27. The fourth-order valence-electron chi connectivity index (χ4n) is 7.09. The van der Waals surface area contributed by atoms with Crippen LogP contribution >= 0.6 is 0 Å². The standard InChI is InChI=1S/C29H43N3O5/c1-7-15-30-25(34)21-22-27(36)32(20(16-33)17(4)8-2)24(29(22)14-13-28(21,9-3)37-29)26(35)31-23-18(5)11-10-12-19(23)6/h10-12,17,20-22,24,33H,7-9,13-16H2,1-6H3,(H,30,34)(H,31,35)/t17-,20-,21-,22-,24?,28+,29?/m0/s1. The zero-order valence-corrected chi connectivity index (χ0v) is 23.1. The maximum absolute atomic E-state index is 14.3. The lowest BCUT2D eigenvalue weighted by molar-refractivity contribution is -0.150. The van der Waals surface area contributed by atoms with Crippen LogP contribution in [-0.2, 0) is 19.1 Å². The Balaban J connectivity index is 1.82. The first-order valence-corrected chi connectivity index (χ1v) is 13.9. The largest absolute Gasteiger partial charge is 0.394 e. The highest BCUT2D eigenvalue weighted by atomic mass is 16.5. The Hall–Kier alpha value is -2.45. The molecule has 3 saturated heterocycles. The monoisotopic (exact) mass is 513 g/mol. The molecule has 1 spiro atoms. The molecule has 3 N–H and O–H groups in total. The summed E-state index contributed by atoms with van der Waals surface area (Å²) in [5, 5.41) is 16.6. The molecule has 204 valence electrons. The van der Waals surface area contributed by atoms with Crippen molar-refractivity contribution in [1.82, 2.24) is 10.2 Å². The second kappa shape index (κ2) is 10.4. The number of carbonyl (C=O) groups excluding carboxylic acids is 3. The van der Waals surface area contributed by atoms with Crippen molar-refractivity contribution >= 4 is 23.4 Å². The number of carbonyl (C=O) groups is 3. The van der Waals surface area contributed by atoms with E-state index in [2.05, 4.69) is 10.6 Å². The number of likely N-dealkylation sites (tertiary alicyclic amines) is 1. The molecule has 0 aliphatic carbocycles. The number of nitrogens with zero attached hydrogens (tertiary/aromatic N) is 1. The van der Waals surface area contributed by atoms with Gasteiger partial charge in [-0.05, 0) is 56.6 Å². The van der Waals surface area contributed by atoms with Gasteiger partial charge in [-0.25, -0.2) is 0 Å². The molecule has 37 heavy (non-hydrogen) atoms. The van der Waals surface area contributed by atoms with E-state index < -0.39 is 35.1 Å². The lowest BCUT2D eigenvalue weighted by atomic mass is 9.65. The second-order valence-electron chi connectivity index (χ2n) is 11.3. The number of rotatable bonds is 10. The van der Waals surface area contributed by atoms with E-state index in [-0.39, 0.29) is 30.2 Å². The van der Waals surface area contributed by atoms with E-state index in [4.69, 9.17) is 4.74 Å². The van der Waals surface area contributed by atoms with Crippen LogP contribution in [0.1, 0.15) is 70.9 Å². The van der Waals surface area contributed by atoms with Crippen molar-refractivity contribution in [3.63, 3.8) is 0 Å². The quantitative estimate of drug-likeness (QED) is 0.445. The average molecular weight is 514 g/mol. The molecule has 0 radical (unpaired) electrons. The van der Waals surface area contributed by atoms with Gasteiger partial charge in [-0.2, -0.15) is 0 Å². The van der Waals surface area contributed by atoms with Crippen LogP contribution in [0.2, 0.25) is 0 Å². The van der Waals surface area contributed by atoms with Crippen LogP contribution < -0.4 is 10.6 Å². The molecule has 1 aromatic carbocycles. The number of amides is 3. The van der Waals surface area contributed by atoms with Crippen molar-refractivity contribution in [3.8, 4) is 0 Å². The van der Waals surface area contributed by atoms with Gasteiger partial charge in [-0.3, -0.25) is 14.4 Å². The summed E-state index contributed by atoms with van der Waals surface area (Å²) in [4.78, 5) is 43.6. The summed E-state index contributed by atoms with van der Waals surface area (Å²) in [6.07, 6.45) is 3.25. The highest BCUT2D eigenvalue weighted by Gasteiger charge is 2.79. The van der Waals surface area contributed by atoms with E-state index in [1.807, 2.05) is 59.7 Å². The fraction of sp³-hybridized carbons (Fsp3) is 0.690. The Labute approximate surface area is 220 Å². The number of aryl methyl sites for hydroxylation is 2. The minimum Gasteiger partial charge on any atom is -0.394 e. The van der Waals surface area contributed by atoms with Gasteiger partial charge in [0.05, 0.1) is 30.1 Å². The van der Waals surface area contributed by atoms with Gasteiger partial charge >= 0.3 is 0 Å². The van der Waals surface area contributed by atoms with Gasteiger partial charge in [0.25, 0.3) is 0 Å². The van der Waals surface area contributed by atoms with E-state index in [0.29, 0.717) is 25.8 Å². The van der Waals surface area contributed by atoms with Crippen molar-refractivity contribution in [2.45, 2.75) is 96.9 Å². The van der Waals surface area contributed by atoms with Crippen molar-refractivity contribution in [1.29, 1.82) is 0 Å². The molecular weight excluding hydrogens is 470 g/mol. The first kappa shape index (κ1) is 27.6. The smallest absolute Gasteiger partial charge is 0.250 e. The van der Waals surface area contributed by atoms with Gasteiger partial charge in [0.1, 0.15) is 11.6 Å². The number of hydrogen-bond acceptors (Lipinski definition) is 5. The highest BCUT2D eigenvalue weighted by Crippen LogP contribution is 2.64. The molecule has 3 aliphatic heterocycles. The topological polar surface area (TPSA) is 108 Å². The number of hydrogen-bond donors (Lipinski definition) is 3.